The monoisotopic (exact) mass is 664 g/mol. The van der Waals surface area contributed by atoms with E-state index in [0.29, 0.717) is 17.4 Å². The number of thiophene rings is 1. The average molecular weight is 666 g/mol. The second kappa shape index (κ2) is 12.4. The summed E-state index contributed by atoms with van der Waals surface area (Å²) in [4.78, 5) is 27.1. The maximum Gasteiger partial charge on any atom is 0.287 e. The van der Waals surface area contributed by atoms with E-state index in [-0.39, 0.29) is 41.7 Å². The number of thioether (sulfide) groups is 1. The smallest absolute Gasteiger partial charge is 0.287 e. The van der Waals surface area contributed by atoms with Crippen LogP contribution in [0.1, 0.15) is 39.3 Å². The minimum absolute atomic E-state index is 0.0341. The molecule has 0 saturated heterocycles. The number of amides is 2. The summed E-state index contributed by atoms with van der Waals surface area (Å²) in [5, 5.41) is 20.1. The van der Waals surface area contributed by atoms with Crippen molar-refractivity contribution in [2.24, 2.45) is 5.10 Å². The van der Waals surface area contributed by atoms with Crippen molar-refractivity contribution < 1.29 is 18.4 Å². The van der Waals surface area contributed by atoms with E-state index in [4.69, 9.17) is 9.52 Å². The summed E-state index contributed by atoms with van der Waals surface area (Å²) in [5.74, 6) is -0.238. The number of hydrogen-bond acceptors (Lipinski definition) is 8. The van der Waals surface area contributed by atoms with E-state index in [1.54, 1.807) is 40.2 Å². The molecule has 0 bridgehead atoms. The number of furan rings is 1. The zero-order valence-electron chi connectivity index (χ0n) is 21.8. The van der Waals surface area contributed by atoms with Crippen molar-refractivity contribution >= 4 is 56.6 Å². The van der Waals surface area contributed by atoms with Crippen LogP contribution in [-0.2, 0) is 11.3 Å². The highest BCUT2D eigenvalue weighted by Gasteiger charge is 2.33. The van der Waals surface area contributed by atoms with Gasteiger partial charge in [0.15, 0.2) is 16.7 Å². The number of rotatable bonds is 9. The number of benzene rings is 2. The lowest BCUT2D eigenvalue weighted by atomic mass is 10.0. The van der Waals surface area contributed by atoms with Gasteiger partial charge in [0, 0.05) is 16.6 Å². The van der Waals surface area contributed by atoms with Crippen LogP contribution in [0.15, 0.2) is 104 Å². The van der Waals surface area contributed by atoms with Gasteiger partial charge in [0.2, 0.25) is 0 Å². The van der Waals surface area contributed by atoms with E-state index in [0.717, 1.165) is 26.3 Å². The zero-order valence-corrected chi connectivity index (χ0v) is 25.0. The Morgan fingerprint density at radius 1 is 1.07 bits per heavy atom. The molecule has 0 aliphatic carbocycles. The number of aromatic nitrogens is 3. The lowest BCUT2D eigenvalue weighted by Crippen LogP contribution is -2.28. The van der Waals surface area contributed by atoms with Crippen molar-refractivity contribution in [2.45, 2.75) is 24.2 Å². The number of nitrogens with one attached hydrogen (secondary N) is 1. The van der Waals surface area contributed by atoms with Crippen molar-refractivity contribution in [3.05, 3.63) is 117 Å². The van der Waals surface area contributed by atoms with Gasteiger partial charge in [0.1, 0.15) is 5.82 Å². The van der Waals surface area contributed by atoms with Crippen LogP contribution < -0.4 is 5.32 Å². The lowest BCUT2D eigenvalue weighted by molar-refractivity contribution is -0.130. The fourth-order valence-electron chi connectivity index (χ4n) is 4.48. The molecule has 212 valence electrons. The highest BCUT2D eigenvalue weighted by atomic mass is 79.9. The van der Waals surface area contributed by atoms with E-state index in [1.807, 2.05) is 41.8 Å². The summed E-state index contributed by atoms with van der Waals surface area (Å²) < 4.78 is 21.5. The molecule has 5 aromatic rings. The van der Waals surface area contributed by atoms with E-state index in [9.17, 15) is 14.0 Å². The third-order valence-corrected chi connectivity index (χ3v) is 8.85. The molecule has 1 atom stereocenters. The molecule has 2 amide bonds. The number of hydrogen-bond donors (Lipinski definition) is 1. The van der Waals surface area contributed by atoms with Crippen LogP contribution in [0.3, 0.4) is 0 Å². The Balaban J connectivity index is 1.24. The van der Waals surface area contributed by atoms with Gasteiger partial charge in [-0.05, 0) is 65.5 Å². The van der Waals surface area contributed by atoms with Crippen molar-refractivity contribution in [3.8, 4) is 5.69 Å². The first-order chi connectivity index (χ1) is 20.5. The Bertz CT molecular complexity index is 1720. The standard InChI is InChI=1S/C29H22BrFN6O3S2/c30-19-7-11-21(12-8-19)36-26(16-32-28(39)24-3-1-13-40-24)33-34-29(36)42-17-27(38)37-23(18-5-9-20(31)10-6-18)15-22(35-37)25-4-2-14-41-25/h1-14,23H,15-17H2,(H,32,39)/t23-/m0/s1. The van der Waals surface area contributed by atoms with Crippen molar-refractivity contribution in [3.63, 3.8) is 0 Å². The molecule has 1 aliphatic rings. The van der Waals surface area contributed by atoms with Crippen molar-refractivity contribution in [1.82, 2.24) is 25.1 Å². The molecular formula is C29H22BrFN6O3S2. The van der Waals surface area contributed by atoms with Crippen LogP contribution in [0.5, 0.6) is 0 Å². The Labute approximate surface area is 256 Å². The first-order valence-electron chi connectivity index (χ1n) is 12.8. The number of hydrazone groups is 1. The average Bonchev–Trinajstić information content (AvgIpc) is 3.82. The predicted octanol–water partition coefficient (Wildman–Crippen LogP) is 6.22. The first-order valence-corrected chi connectivity index (χ1v) is 15.5. The summed E-state index contributed by atoms with van der Waals surface area (Å²) in [5.41, 5.74) is 2.38. The number of halogens is 2. The molecule has 1 N–H and O–H groups in total. The molecule has 9 nitrogen and oxygen atoms in total. The fourth-order valence-corrected chi connectivity index (χ4v) is 6.29. The van der Waals surface area contributed by atoms with Crippen LogP contribution in [0.4, 0.5) is 4.39 Å². The molecule has 13 heteroatoms. The van der Waals surface area contributed by atoms with E-state index < -0.39 is 0 Å². The fraction of sp³-hybridized carbons (Fsp3) is 0.138. The molecule has 42 heavy (non-hydrogen) atoms. The van der Waals surface area contributed by atoms with Gasteiger partial charge in [-0.25, -0.2) is 9.40 Å². The van der Waals surface area contributed by atoms with Gasteiger partial charge in [-0.1, -0.05) is 45.9 Å². The van der Waals surface area contributed by atoms with Crippen LogP contribution in [0.2, 0.25) is 0 Å². The highest BCUT2D eigenvalue weighted by Crippen LogP contribution is 2.35. The molecule has 0 fully saturated rings. The minimum atomic E-state index is -0.380. The molecule has 0 saturated carbocycles. The van der Waals surface area contributed by atoms with E-state index >= 15 is 0 Å². The summed E-state index contributed by atoms with van der Waals surface area (Å²) in [6.07, 6.45) is 1.95. The van der Waals surface area contributed by atoms with Crippen molar-refractivity contribution in [1.29, 1.82) is 0 Å². The molecular weight excluding hydrogens is 643 g/mol. The van der Waals surface area contributed by atoms with Gasteiger partial charge in [-0.3, -0.25) is 14.2 Å². The van der Waals surface area contributed by atoms with Gasteiger partial charge < -0.3 is 9.73 Å². The zero-order chi connectivity index (χ0) is 29.1. The summed E-state index contributed by atoms with van der Waals surface area (Å²) in [6.45, 7) is 0.0876. The number of nitrogens with zero attached hydrogens (tertiary/aromatic N) is 5. The van der Waals surface area contributed by atoms with E-state index in [2.05, 4.69) is 31.4 Å². The van der Waals surface area contributed by atoms with Crippen LogP contribution in [0, 0.1) is 5.82 Å². The first kappa shape index (κ1) is 28.1. The molecule has 1 aliphatic heterocycles. The van der Waals surface area contributed by atoms with Gasteiger partial charge in [-0.2, -0.15) is 5.10 Å². The largest absolute Gasteiger partial charge is 0.459 e. The molecule has 0 unspecified atom stereocenters. The molecule has 4 heterocycles. The Kier molecular flexibility index (Phi) is 8.31. The van der Waals surface area contributed by atoms with Gasteiger partial charge >= 0.3 is 0 Å². The minimum Gasteiger partial charge on any atom is -0.459 e. The molecule has 6 rings (SSSR count). The SMILES string of the molecule is O=C(NCc1nnc(SCC(=O)N2N=C(c3cccs3)C[C@H]2c2ccc(F)cc2)n1-c1ccc(Br)cc1)c1ccco1. The molecule has 0 spiro atoms. The van der Waals surface area contributed by atoms with Crippen molar-refractivity contribution in [2.75, 3.05) is 5.75 Å². The second-order valence-corrected chi connectivity index (χ2v) is 12.0. The van der Waals surface area contributed by atoms with E-state index in [1.165, 1.54) is 35.2 Å². The van der Waals surface area contributed by atoms with Crippen LogP contribution in [-0.4, -0.2) is 43.1 Å². The normalized spacial score (nSPS) is 14.7. The van der Waals surface area contributed by atoms with Gasteiger partial charge in [0.25, 0.3) is 11.8 Å². The van der Waals surface area contributed by atoms with Gasteiger partial charge in [-0.15, -0.1) is 21.5 Å². The number of carbonyl (C=O) groups excluding carboxylic acids is 2. The lowest BCUT2D eigenvalue weighted by Gasteiger charge is -2.22. The molecule has 0 radical (unpaired) electrons. The summed E-state index contributed by atoms with van der Waals surface area (Å²) >= 11 is 6.24. The second-order valence-electron chi connectivity index (χ2n) is 9.19. The molecule has 3 aromatic heterocycles. The summed E-state index contributed by atoms with van der Waals surface area (Å²) in [6, 6.07) is 20.5. The Hall–Kier alpha value is -4.07. The quantitative estimate of drug-likeness (QED) is 0.188. The molecule has 2 aromatic carbocycles. The third kappa shape index (κ3) is 6.08. The highest BCUT2D eigenvalue weighted by molar-refractivity contribution is 9.10. The topological polar surface area (TPSA) is 106 Å². The van der Waals surface area contributed by atoms with Crippen LogP contribution >= 0.6 is 39.0 Å². The Morgan fingerprint density at radius 2 is 1.88 bits per heavy atom. The summed E-state index contributed by atoms with van der Waals surface area (Å²) in [7, 11) is 0. The predicted molar refractivity (Wildman–Crippen MR) is 161 cm³/mol. The maximum absolute atomic E-state index is 13.7. The van der Waals surface area contributed by atoms with Gasteiger partial charge in [0.05, 0.1) is 35.2 Å². The maximum atomic E-state index is 13.7. The third-order valence-electron chi connectivity index (χ3n) is 6.49. The number of carbonyl (C=O) groups is 2. The Morgan fingerprint density at radius 3 is 2.60 bits per heavy atom. The van der Waals surface area contributed by atoms with Crippen LogP contribution in [0.25, 0.3) is 5.69 Å².